The first-order chi connectivity index (χ1) is 9.84. The number of aromatic nitrogens is 1. The summed E-state index contributed by atoms with van der Waals surface area (Å²) in [6, 6.07) is 0. The quantitative estimate of drug-likeness (QED) is 0.900. The van der Waals surface area contributed by atoms with Crippen LogP contribution in [-0.4, -0.2) is 11.7 Å². The summed E-state index contributed by atoms with van der Waals surface area (Å²) in [5, 5.41) is 7.44. The van der Waals surface area contributed by atoms with Crippen LogP contribution in [0.5, 0.6) is 0 Å². The molecule has 3 nitrogen and oxygen atoms in total. The molecule has 1 aromatic heterocycles. The topological polar surface area (TPSA) is 38.1 Å². The van der Waals surface area contributed by atoms with Gasteiger partial charge in [-0.1, -0.05) is 5.16 Å². The zero-order valence-corrected chi connectivity index (χ0v) is 14.3. The number of nitrogens with one attached hydrogen (secondary N) is 1. The minimum Gasteiger partial charge on any atom is -0.367 e. The smallest absolute Gasteiger partial charge is 0.172 e. The van der Waals surface area contributed by atoms with Crippen molar-refractivity contribution in [3.8, 4) is 0 Å². The Labute approximate surface area is 127 Å². The van der Waals surface area contributed by atoms with Crippen LogP contribution in [0.15, 0.2) is 4.52 Å². The van der Waals surface area contributed by atoms with Gasteiger partial charge < -0.3 is 9.84 Å². The normalized spacial score (nSPS) is 11.0. The summed E-state index contributed by atoms with van der Waals surface area (Å²) in [5.41, 5.74) is 9.66. The van der Waals surface area contributed by atoms with Crippen LogP contribution in [0.4, 0.5) is 5.82 Å². The predicted molar refractivity (Wildman–Crippen MR) is 88.3 cm³/mol. The Bertz CT molecular complexity index is 639. The molecule has 0 aliphatic heterocycles. The summed E-state index contributed by atoms with van der Waals surface area (Å²) in [7, 11) is 0. The zero-order valence-electron chi connectivity index (χ0n) is 14.3. The molecular formula is C18H26N2O. The number of nitrogens with zero attached hydrogens (tertiary/aromatic N) is 1. The first-order valence-corrected chi connectivity index (χ1v) is 7.57. The van der Waals surface area contributed by atoms with Crippen LogP contribution in [0.25, 0.3) is 0 Å². The van der Waals surface area contributed by atoms with E-state index in [1.165, 1.54) is 33.4 Å². The lowest BCUT2D eigenvalue weighted by atomic mass is 9.88. The second-order valence-electron chi connectivity index (χ2n) is 5.99. The lowest BCUT2D eigenvalue weighted by Gasteiger charge is -2.18. The Morgan fingerprint density at radius 2 is 1.29 bits per heavy atom. The Morgan fingerprint density at radius 1 is 0.762 bits per heavy atom. The Morgan fingerprint density at radius 3 is 1.76 bits per heavy atom. The van der Waals surface area contributed by atoms with Crippen LogP contribution in [0.3, 0.4) is 0 Å². The molecule has 1 aromatic carbocycles. The maximum absolute atomic E-state index is 5.19. The molecule has 2 rings (SSSR count). The molecule has 0 fully saturated rings. The third-order valence-electron chi connectivity index (χ3n) is 4.98. The standard InChI is InChI=1S/C18H26N2O/c1-10-11(2)13(4)17(14(5)12(10)3)8-9-19-18-15(6)16(7)21-20-18/h8-9H2,1-7H3,(H,19,20). The van der Waals surface area contributed by atoms with Crippen molar-refractivity contribution in [3.05, 3.63) is 44.7 Å². The van der Waals surface area contributed by atoms with E-state index >= 15 is 0 Å². The monoisotopic (exact) mass is 286 g/mol. The average Bonchev–Trinajstić information content (AvgIpc) is 2.78. The van der Waals surface area contributed by atoms with E-state index in [1.807, 2.05) is 13.8 Å². The number of benzene rings is 1. The van der Waals surface area contributed by atoms with Gasteiger partial charge in [-0.05, 0) is 88.3 Å². The van der Waals surface area contributed by atoms with Gasteiger partial charge in [0.25, 0.3) is 0 Å². The van der Waals surface area contributed by atoms with E-state index in [2.05, 4.69) is 45.1 Å². The first kappa shape index (κ1) is 15.6. The fourth-order valence-electron chi connectivity index (χ4n) is 2.84. The van der Waals surface area contributed by atoms with Crippen molar-refractivity contribution in [2.24, 2.45) is 0 Å². The minimum atomic E-state index is 0.864. The SMILES string of the molecule is Cc1onc(NCCc2c(C)c(C)c(C)c(C)c2C)c1C. The highest BCUT2D eigenvalue weighted by Crippen LogP contribution is 2.26. The van der Waals surface area contributed by atoms with Crippen molar-refractivity contribution >= 4 is 5.82 Å². The van der Waals surface area contributed by atoms with Crippen LogP contribution in [0.1, 0.15) is 44.7 Å². The molecule has 3 heteroatoms. The van der Waals surface area contributed by atoms with Crippen LogP contribution in [-0.2, 0) is 6.42 Å². The van der Waals surface area contributed by atoms with Crippen molar-refractivity contribution < 1.29 is 4.52 Å². The second kappa shape index (κ2) is 5.92. The zero-order chi connectivity index (χ0) is 15.7. The Balaban J connectivity index is 2.16. The van der Waals surface area contributed by atoms with Gasteiger partial charge in [0, 0.05) is 12.1 Å². The summed E-state index contributed by atoms with van der Waals surface area (Å²) in [4.78, 5) is 0. The molecule has 0 saturated heterocycles. The molecule has 0 bridgehead atoms. The lowest BCUT2D eigenvalue weighted by Crippen LogP contribution is -2.10. The van der Waals surface area contributed by atoms with Gasteiger partial charge in [0.15, 0.2) is 5.82 Å². The summed E-state index contributed by atoms with van der Waals surface area (Å²) in [5.74, 6) is 1.75. The van der Waals surface area contributed by atoms with Gasteiger partial charge in [-0.25, -0.2) is 0 Å². The van der Waals surface area contributed by atoms with E-state index in [0.717, 1.165) is 30.1 Å². The number of hydrogen-bond acceptors (Lipinski definition) is 3. The van der Waals surface area contributed by atoms with Crippen molar-refractivity contribution in [1.29, 1.82) is 0 Å². The molecule has 1 N–H and O–H groups in total. The summed E-state index contributed by atoms with van der Waals surface area (Å²) in [6.07, 6.45) is 1.00. The van der Waals surface area contributed by atoms with Gasteiger partial charge >= 0.3 is 0 Å². The van der Waals surface area contributed by atoms with Gasteiger partial charge in [0.05, 0.1) is 0 Å². The molecule has 0 aliphatic rings. The summed E-state index contributed by atoms with van der Waals surface area (Å²) in [6.45, 7) is 16.0. The molecule has 0 atom stereocenters. The van der Waals surface area contributed by atoms with Crippen molar-refractivity contribution in [2.45, 2.75) is 54.9 Å². The second-order valence-corrected chi connectivity index (χ2v) is 5.99. The van der Waals surface area contributed by atoms with E-state index in [0.29, 0.717) is 0 Å². The van der Waals surface area contributed by atoms with E-state index in [9.17, 15) is 0 Å². The van der Waals surface area contributed by atoms with Gasteiger partial charge in [-0.15, -0.1) is 0 Å². The van der Waals surface area contributed by atoms with Crippen molar-refractivity contribution in [1.82, 2.24) is 5.16 Å². The molecule has 0 aliphatic carbocycles. The number of aryl methyl sites for hydroxylation is 1. The number of hydrogen-bond donors (Lipinski definition) is 1. The number of anilines is 1. The fraction of sp³-hybridized carbons (Fsp3) is 0.500. The maximum atomic E-state index is 5.19. The Kier molecular flexibility index (Phi) is 4.40. The third kappa shape index (κ3) is 2.82. The van der Waals surface area contributed by atoms with Crippen molar-refractivity contribution in [3.63, 3.8) is 0 Å². The van der Waals surface area contributed by atoms with E-state index in [1.54, 1.807) is 0 Å². The maximum Gasteiger partial charge on any atom is 0.172 e. The van der Waals surface area contributed by atoms with Gasteiger partial charge in [-0.3, -0.25) is 0 Å². The third-order valence-corrected chi connectivity index (χ3v) is 4.98. The highest BCUT2D eigenvalue weighted by atomic mass is 16.5. The largest absolute Gasteiger partial charge is 0.367 e. The first-order valence-electron chi connectivity index (χ1n) is 7.57. The Hall–Kier alpha value is -1.77. The fourth-order valence-corrected chi connectivity index (χ4v) is 2.84. The minimum absolute atomic E-state index is 0.864. The van der Waals surface area contributed by atoms with Crippen LogP contribution in [0, 0.1) is 48.5 Å². The van der Waals surface area contributed by atoms with Gasteiger partial charge in [-0.2, -0.15) is 0 Å². The molecule has 0 amide bonds. The molecule has 21 heavy (non-hydrogen) atoms. The average molecular weight is 286 g/mol. The molecular weight excluding hydrogens is 260 g/mol. The lowest BCUT2D eigenvalue weighted by molar-refractivity contribution is 0.399. The van der Waals surface area contributed by atoms with E-state index in [4.69, 9.17) is 4.52 Å². The summed E-state index contributed by atoms with van der Waals surface area (Å²) >= 11 is 0. The van der Waals surface area contributed by atoms with Gasteiger partial charge in [0.1, 0.15) is 5.76 Å². The molecule has 1 heterocycles. The highest BCUT2D eigenvalue weighted by Gasteiger charge is 2.12. The van der Waals surface area contributed by atoms with Crippen LogP contribution >= 0.6 is 0 Å². The molecule has 0 spiro atoms. The van der Waals surface area contributed by atoms with E-state index < -0.39 is 0 Å². The summed E-state index contributed by atoms with van der Waals surface area (Å²) < 4.78 is 5.19. The van der Waals surface area contributed by atoms with Crippen LogP contribution < -0.4 is 5.32 Å². The van der Waals surface area contributed by atoms with E-state index in [-0.39, 0.29) is 0 Å². The molecule has 0 radical (unpaired) electrons. The molecule has 0 unspecified atom stereocenters. The highest BCUT2D eigenvalue weighted by molar-refractivity contribution is 5.50. The van der Waals surface area contributed by atoms with Crippen molar-refractivity contribution in [2.75, 3.05) is 11.9 Å². The molecule has 2 aromatic rings. The number of rotatable bonds is 4. The molecule has 0 saturated carbocycles. The predicted octanol–water partition coefficient (Wildman–Crippen LogP) is 4.49. The molecule has 114 valence electrons. The van der Waals surface area contributed by atoms with Crippen LogP contribution in [0.2, 0.25) is 0 Å². The van der Waals surface area contributed by atoms with Gasteiger partial charge in [0.2, 0.25) is 0 Å².